The number of fused-ring (bicyclic) bond motifs is 1. The molecule has 25 heavy (non-hydrogen) atoms. The number of benzene rings is 2. The van der Waals surface area contributed by atoms with Crippen LogP contribution in [0.1, 0.15) is 5.56 Å². The van der Waals surface area contributed by atoms with Crippen LogP contribution in [0, 0.1) is 0 Å². The molecule has 126 valence electrons. The molecule has 8 heteroatoms. The molecule has 1 aliphatic heterocycles. The van der Waals surface area contributed by atoms with Crippen molar-refractivity contribution >= 4 is 40.7 Å². The van der Waals surface area contributed by atoms with Crippen molar-refractivity contribution in [3.63, 3.8) is 0 Å². The van der Waals surface area contributed by atoms with Crippen molar-refractivity contribution < 1.29 is 4.74 Å². The van der Waals surface area contributed by atoms with Gasteiger partial charge in [0, 0.05) is 16.9 Å². The fourth-order valence-electron chi connectivity index (χ4n) is 2.46. The second-order valence-electron chi connectivity index (χ2n) is 5.31. The lowest BCUT2D eigenvalue weighted by atomic mass is 10.1. The van der Waals surface area contributed by atoms with Gasteiger partial charge in [-0.15, -0.1) is 10.2 Å². The summed E-state index contributed by atoms with van der Waals surface area (Å²) >= 11 is 13.7. The Morgan fingerprint density at radius 1 is 1.00 bits per heavy atom. The predicted molar refractivity (Wildman–Crippen MR) is 101 cm³/mol. The van der Waals surface area contributed by atoms with Gasteiger partial charge >= 0.3 is 0 Å². The fourth-order valence-corrected chi connectivity index (χ4v) is 3.60. The molecule has 2 aromatic carbocycles. The summed E-state index contributed by atoms with van der Waals surface area (Å²) in [5, 5.41) is 15.0. The van der Waals surface area contributed by atoms with Gasteiger partial charge in [-0.05, 0) is 36.4 Å². The Morgan fingerprint density at radius 2 is 1.76 bits per heavy atom. The molecule has 1 aromatic heterocycles. The lowest BCUT2D eigenvalue weighted by molar-refractivity contribution is 0.415. The monoisotopic (exact) mass is 390 g/mol. The highest BCUT2D eigenvalue weighted by Crippen LogP contribution is 2.30. The Hall–Kier alpha value is -2.02. The van der Waals surface area contributed by atoms with Gasteiger partial charge in [-0.3, -0.25) is 0 Å². The summed E-state index contributed by atoms with van der Waals surface area (Å²) in [6.45, 7) is 0. The van der Waals surface area contributed by atoms with Gasteiger partial charge in [0.05, 0.1) is 22.9 Å². The molecule has 4 rings (SSSR count). The molecule has 3 aromatic rings. The van der Waals surface area contributed by atoms with E-state index in [1.54, 1.807) is 29.6 Å². The Bertz CT molecular complexity index is 969. The molecule has 0 atom stereocenters. The van der Waals surface area contributed by atoms with E-state index in [1.165, 1.54) is 0 Å². The molecule has 0 unspecified atom stereocenters. The van der Waals surface area contributed by atoms with Crippen molar-refractivity contribution in [2.24, 2.45) is 5.10 Å². The maximum absolute atomic E-state index is 6.13. The summed E-state index contributed by atoms with van der Waals surface area (Å²) in [5.41, 5.74) is 2.74. The van der Waals surface area contributed by atoms with Crippen LogP contribution in [-0.4, -0.2) is 33.4 Å². The highest BCUT2D eigenvalue weighted by molar-refractivity contribution is 7.99. The number of thioether (sulfide) groups is 1. The molecule has 0 spiro atoms. The minimum absolute atomic E-state index is 0.511. The third-order valence-electron chi connectivity index (χ3n) is 3.77. The normalized spacial score (nSPS) is 13.3. The Morgan fingerprint density at radius 3 is 2.48 bits per heavy atom. The molecule has 5 nitrogen and oxygen atoms in total. The second-order valence-corrected chi connectivity index (χ2v) is 7.07. The van der Waals surface area contributed by atoms with Crippen molar-refractivity contribution in [1.29, 1.82) is 0 Å². The zero-order valence-electron chi connectivity index (χ0n) is 13.1. The number of nitrogens with zero attached hydrogens (tertiary/aromatic N) is 4. The Balaban J connectivity index is 1.75. The van der Waals surface area contributed by atoms with Crippen molar-refractivity contribution in [2.75, 3.05) is 12.9 Å². The minimum Gasteiger partial charge on any atom is -0.497 e. The van der Waals surface area contributed by atoms with Crippen molar-refractivity contribution in [3.05, 3.63) is 58.1 Å². The molecule has 0 fully saturated rings. The van der Waals surface area contributed by atoms with Crippen LogP contribution >= 0.6 is 35.0 Å². The first-order valence-electron chi connectivity index (χ1n) is 7.41. The molecule has 0 amide bonds. The summed E-state index contributed by atoms with van der Waals surface area (Å²) in [6, 6.07) is 13.2. The van der Waals surface area contributed by atoms with Gasteiger partial charge in [-0.25, -0.2) is 0 Å². The number of methoxy groups -OCH3 is 1. The zero-order valence-corrected chi connectivity index (χ0v) is 15.4. The smallest absolute Gasteiger partial charge is 0.212 e. The molecule has 0 radical (unpaired) electrons. The first-order chi connectivity index (χ1) is 12.2. The largest absolute Gasteiger partial charge is 0.497 e. The number of hydrogen-bond acceptors (Lipinski definition) is 5. The molecule has 2 heterocycles. The van der Waals surface area contributed by atoms with Crippen LogP contribution in [-0.2, 0) is 0 Å². The fraction of sp³-hybridized carbons (Fsp3) is 0.118. The standard InChI is InChI=1S/C17H12Cl2N4OS/c1-24-12-5-2-10(3-6-12)16-20-21-17-23(16)22-15(9-25-17)11-4-7-13(18)14(19)8-11/h2-8H,9H2,1H3. The highest BCUT2D eigenvalue weighted by atomic mass is 35.5. The van der Waals surface area contributed by atoms with Gasteiger partial charge in [-0.2, -0.15) is 9.78 Å². The Labute approximate surface area is 158 Å². The van der Waals surface area contributed by atoms with Crippen molar-refractivity contribution in [2.45, 2.75) is 5.16 Å². The maximum atomic E-state index is 6.13. The number of hydrogen-bond donors (Lipinski definition) is 0. The molecular weight excluding hydrogens is 379 g/mol. The van der Waals surface area contributed by atoms with Gasteiger partial charge in [0.25, 0.3) is 0 Å². The zero-order chi connectivity index (χ0) is 17.4. The van der Waals surface area contributed by atoms with Crippen molar-refractivity contribution in [1.82, 2.24) is 14.9 Å². The number of rotatable bonds is 3. The quantitative estimate of drug-likeness (QED) is 0.654. The third-order valence-corrected chi connectivity index (χ3v) is 5.44. The van der Waals surface area contributed by atoms with Crippen LogP contribution in [0.5, 0.6) is 5.75 Å². The van der Waals surface area contributed by atoms with E-state index in [4.69, 9.17) is 33.0 Å². The molecule has 0 aliphatic carbocycles. The van der Waals surface area contributed by atoms with Gasteiger partial charge in [-0.1, -0.05) is 41.0 Å². The van der Waals surface area contributed by atoms with Crippen LogP contribution in [0.4, 0.5) is 0 Å². The van der Waals surface area contributed by atoms with Crippen LogP contribution in [0.25, 0.3) is 11.4 Å². The average molecular weight is 391 g/mol. The van der Waals surface area contributed by atoms with Gasteiger partial charge in [0.15, 0.2) is 5.82 Å². The number of ether oxygens (including phenoxy) is 1. The van der Waals surface area contributed by atoms with E-state index in [-0.39, 0.29) is 0 Å². The second kappa shape index (κ2) is 6.71. The van der Waals surface area contributed by atoms with E-state index in [0.717, 1.165) is 27.7 Å². The summed E-state index contributed by atoms with van der Waals surface area (Å²) in [6.07, 6.45) is 0. The van der Waals surface area contributed by atoms with Gasteiger partial charge in [0.2, 0.25) is 5.16 Å². The van der Waals surface area contributed by atoms with E-state index in [2.05, 4.69) is 10.2 Å². The number of aromatic nitrogens is 3. The van der Waals surface area contributed by atoms with Crippen LogP contribution in [0.3, 0.4) is 0 Å². The predicted octanol–water partition coefficient (Wildman–Crippen LogP) is 4.62. The van der Waals surface area contributed by atoms with Crippen LogP contribution < -0.4 is 4.74 Å². The van der Waals surface area contributed by atoms with E-state index in [1.807, 2.05) is 36.4 Å². The van der Waals surface area contributed by atoms with E-state index in [0.29, 0.717) is 21.6 Å². The van der Waals surface area contributed by atoms with E-state index < -0.39 is 0 Å². The summed E-state index contributed by atoms with van der Waals surface area (Å²) in [7, 11) is 1.64. The maximum Gasteiger partial charge on any atom is 0.212 e. The highest BCUT2D eigenvalue weighted by Gasteiger charge is 2.21. The lowest BCUT2D eigenvalue weighted by Gasteiger charge is -2.14. The SMILES string of the molecule is COc1ccc(-c2nnc3n2N=C(c2ccc(Cl)c(Cl)c2)CS3)cc1. The molecule has 1 aliphatic rings. The van der Waals surface area contributed by atoms with Crippen LogP contribution in [0.15, 0.2) is 52.7 Å². The van der Waals surface area contributed by atoms with Crippen LogP contribution in [0.2, 0.25) is 10.0 Å². The van der Waals surface area contributed by atoms with E-state index >= 15 is 0 Å². The Kier molecular flexibility index (Phi) is 4.41. The molecular formula is C17H12Cl2N4OS. The summed E-state index contributed by atoms with van der Waals surface area (Å²) in [5.74, 6) is 2.16. The molecule has 0 saturated carbocycles. The summed E-state index contributed by atoms with van der Waals surface area (Å²) < 4.78 is 6.95. The lowest BCUT2D eigenvalue weighted by Crippen LogP contribution is -2.13. The first-order valence-corrected chi connectivity index (χ1v) is 9.16. The first kappa shape index (κ1) is 16.4. The van der Waals surface area contributed by atoms with Gasteiger partial charge in [0.1, 0.15) is 5.75 Å². The molecule has 0 N–H and O–H groups in total. The molecule has 0 bridgehead atoms. The van der Waals surface area contributed by atoms with Gasteiger partial charge < -0.3 is 4.74 Å². The van der Waals surface area contributed by atoms with E-state index in [9.17, 15) is 0 Å². The van der Waals surface area contributed by atoms with Crippen molar-refractivity contribution in [3.8, 4) is 17.1 Å². The molecule has 0 saturated heterocycles. The third kappa shape index (κ3) is 3.13. The summed E-state index contributed by atoms with van der Waals surface area (Å²) in [4.78, 5) is 0. The minimum atomic E-state index is 0.511. The number of halogens is 2. The average Bonchev–Trinajstić information content (AvgIpc) is 3.07. The topological polar surface area (TPSA) is 52.3 Å².